The highest BCUT2D eigenvalue weighted by atomic mass is 16.5. The number of likely N-dealkylation sites (tertiary alicyclic amines) is 1. The van der Waals surface area contributed by atoms with Crippen molar-refractivity contribution in [1.29, 1.82) is 0 Å². The Balaban J connectivity index is 1.75. The molecule has 0 bridgehead atoms. The average Bonchev–Trinajstić information content (AvgIpc) is 3.20. The van der Waals surface area contributed by atoms with Gasteiger partial charge in [0.2, 0.25) is 5.91 Å². The van der Waals surface area contributed by atoms with E-state index < -0.39 is 0 Å². The molecule has 0 spiro atoms. The van der Waals surface area contributed by atoms with Crippen molar-refractivity contribution in [1.82, 2.24) is 15.5 Å². The van der Waals surface area contributed by atoms with Crippen LogP contribution in [0, 0.1) is 11.3 Å². The summed E-state index contributed by atoms with van der Waals surface area (Å²) >= 11 is 0. The summed E-state index contributed by atoms with van der Waals surface area (Å²) in [6.45, 7) is 7.23. The van der Waals surface area contributed by atoms with Crippen molar-refractivity contribution in [2.24, 2.45) is 11.3 Å². The van der Waals surface area contributed by atoms with Crippen LogP contribution in [-0.2, 0) is 9.53 Å². The Hall–Kier alpha value is -0.650. The third-order valence-electron chi connectivity index (χ3n) is 5.15. The number of piperidine rings is 1. The van der Waals surface area contributed by atoms with Crippen molar-refractivity contribution in [3.63, 3.8) is 0 Å². The Bertz CT molecular complexity index is 340. The number of hydrogen-bond acceptors (Lipinski definition) is 4. The molecule has 0 aromatic rings. The van der Waals surface area contributed by atoms with Gasteiger partial charge in [0.25, 0.3) is 0 Å². The van der Waals surface area contributed by atoms with Gasteiger partial charge in [0.15, 0.2) is 0 Å². The number of nitrogens with one attached hydrogen (secondary N) is 2. The number of hydrogen-bond donors (Lipinski definition) is 2. The van der Waals surface area contributed by atoms with Gasteiger partial charge in [-0.05, 0) is 38.3 Å². The maximum absolute atomic E-state index is 11.3. The fraction of sp³-hybridized carbons (Fsp3) is 0.938. The van der Waals surface area contributed by atoms with Crippen LogP contribution in [0.1, 0.15) is 32.6 Å². The van der Waals surface area contributed by atoms with Gasteiger partial charge in [0, 0.05) is 45.1 Å². The molecule has 5 nitrogen and oxygen atoms in total. The highest BCUT2D eigenvalue weighted by Gasteiger charge is 2.38. The molecular formula is C16H31N3O2. The lowest BCUT2D eigenvalue weighted by atomic mass is 9.79. The topological polar surface area (TPSA) is 53.6 Å². The molecule has 1 saturated carbocycles. The molecule has 2 unspecified atom stereocenters. The van der Waals surface area contributed by atoms with Crippen LogP contribution in [0.4, 0.5) is 0 Å². The molecule has 2 atom stereocenters. The Morgan fingerprint density at radius 2 is 2.05 bits per heavy atom. The van der Waals surface area contributed by atoms with Crippen molar-refractivity contribution < 1.29 is 9.53 Å². The predicted octanol–water partition coefficient (Wildman–Crippen LogP) is 0.849. The van der Waals surface area contributed by atoms with Gasteiger partial charge in [-0.2, -0.15) is 0 Å². The van der Waals surface area contributed by atoms with Crippen molar-refractivity contribution in [2.75, 3.05) is 46.9 Å². The fourth-order valence-electron chi connectivity index (χ4n) is 3.27. The third-order valence-corrected chi connectivity index (χ3v) is 5.15. The summed E-state index contributed by atoms with van der Waals surface area (Å²) < 4.78 is 5.49. The van der Waals surface area contributed by atoms with E-state index in [1.54, 1.807) is 14.2 Å². The monoisotopic (exact) mass is 297 g/mol. The summed E-state index contributed by atoms with van der Waals surface area (Å²) in [4.78, 5) is 13.7. The highest BCUT2D eigenvalue weighted by molar-refractivity contribution is 5.75. The van der Waals surface area contributed by atoms with E-state index in [0.29, 0.717) is 6.42 Å². The summed E-state index contributed by atoms with van der Waals surface area (Å²) in [5, 5.41) is 6.40. The number of carbonyl (C=O) groups is 1. The second-order valence-electron chi connectivity index (χ2n) is 6.90. The normalized spacial score (nSPS) is 28.3. The standard InChI is InChI=1S/C16H31N3O2/c1-13-10-14(13)18-11-16(12-21-3)5-8-19(9-6-16)7-4-15(20)17-2/h13-14,18H,4-12H2,1-3H3,(H,17,20). The van der Waals surface area contributed by atoms with E-state index >= 15 is 0 Å². The van der Waals surface area contributed by atoms with Crippen molar-refractivity contribution >= 4 is 5.91 Å². The minimum absolute atomic E-state index is 0.133. The molecule has 0 aromatic heterocycles. The maximum Gasteiger partial charge on any atom is 0.221 e. The average molecular weight is 297 g/mol. The van der Waals surface area contributed by atoms with Gasteiger partial charge in [0.1, 0.15) is 0 Å². The van der Waals surface area contributed by atoms with Gasteiger partial charge in [-0.3, -0.25) is 4.79 Å². The molecule has 0 aromatic carbocycles. The molecule has 1 aliphatic heterocycles. The quantitative estimate of drug-likeness (QED) is 0.697. The first-order valence-corrected chi connectivity index (χ1v) is 8.24. The first-order chi connectivity index (χ1) is 10.1. The van der Waals surface area contributed by atoms with Gasteiger partial charge >= 0.3 is 0 Å². The van der Waals surface area contributed by atoms with Crippen LogP contribution in [0.15, 0.2) is 0 Å². The van der Waals surface area contributed by atoms with E-state index in [-0.39, 0.29) is 11.3 Å². The number of rotatable bonds is 8. The highest BCUT2D eigenvalue weighted by Crippen LogP contribution is 2.34. The molecule has 0 radical (unpaired) electrons. The fourth-order valence-corrected chi connectivity index (χ4v) is 3.27. The van der Waals surface area contributed by atoms with Crippen molar-refractivity contribution in [2.45, 2.75) is 38.6 Å². The zero-order chi connectivity index (χ0) is 15.3. The first-order valence-electron chi connectivity index (χ1n) is 8.24. The van der Waals surface area contributed by atoms with Crippen LogP contribution in [0.3, 0.4) is 0 Å². The third kappa shape index (κ3) is 4.94. The van der Waals surface area contributed by atoms with Crippen LogP contribution in [0.2, 0.25) is 0 Å². The summed E-state index contributed by atoms with van der Waals surface area (Å²) in [5.41, 5.74) is 0.278. The Kier molecular flexibility index (Phi) is 6.02. The minimum Gasteiger partial charge on any atom is -0.384 e. The Labute approximate surface area is 128 Å². The van der Waals surface area contributed by atoms with Crippen molar-refractivity contribution in [3.8, 4) is 0 Å². The van der Waals surface area contributed by atoms with Crippen LogP contribution in [-0.4, -0.2) is 63.8 Å². The summed E-state index contributed by atoms with van der Waals surface area (Å²) in [5.74, 6) is 0.977. The number of carbonyl (C=O) groups excluding carboxylic acids is 1. The van der Waals surface area contributed by atoms with Gasteiger partial charge in [-0.25, -0.2) is 0 Å². The lowest BCUT2D eigenvalue weighted by molar-refractivity contribution is -0.121. The SMILES string of the molecule is CNC(=O)CCN1CCC(CNC2CC2C)(COC)CC1. The molecule has 122 valence electrons. The molecule has 2 rings (SSSR count). The van der Waals surface area contributed by atoms with Crippen LogP contribution < -0.4 is 10.6 Å². The molecule has 5 heteroatoms. The van der Waals surface area contributed by atoms with E-state index in [1.807, 2.05) is 0 Å². The Morgan fingerprint density at radius 3 is 2.57 bits per heavy atom. The number of nitrogens with zero attached hydrogens (tertiary/aromatic N) is 1. The van der Waals surface area contributed by atoms with E-state index in [1.165, 1.54) is 6.42 Å². The first kappa shape index (κ1) is 16.7. The van der Waals surface area contributed by atoms with Gasteiger partial charge in [-0.1, -0.05) is 6.92 Å². The second-order valence-corrected chi connectivity index (χ2v) is 6.90. The van der Waals surface area contributed by atoms with Gasteiger partial charge < -0.3 is 20.3 Å². The number of ether oxygens (including phenoxy) is 1. The zero-order valence-corrected chi connectivity index (χ0v) is 13.8. The van der Waals surface area contributed by atoms with Crippen LogP contribution in [0.5, 0.6) is 0 Å². The lowest BCUT2D eigenvalue weighted by Gasteiger charge is -2.41. The molecule has 1 amide bonds. The molecule has 1 saturated heterocycles. The molecule has 2 N–H and O–H groups in total. The van der Waals surface area contributed by atoms with E-state index in [4.69, 9.17) is 4.74 Å². The van der Waals surface area contributed by atoms with Crippen LogP contribution in [0.25, 0.3) is 0 Å². The van der Waals surface area contributed by atoms with E-state index in [0.717, 1.165) is 57.6 Å². The number of methoxy groups -OCH3 is 1. The molecule has 1 heterocycles. The van der Waals surface area contributed by atoms with Crippen molar-refractivity contribution in [3.05, 3.63) is 0 Å². The predicted molar refractivity (Wildman–Crippen MR) is 84.2 cm³/mol. The van der Waals surface area contributed by atoms with E-state index in [2.05, 4.69) is 22.5 Å². The Morgan fingerprint density at radius 1 is 1.38 bits per heavy atom. The smallest absolute Gasteiger partial charge is 0.221 e. The van der Waals surface area contributed by atoms with Crippen LogP contribution >= 0.6 is 0 Å². The minimum atomic E-state index is 0.133. The van der Waals surface area contributed by atoms with Gasteiger partial charge in [0.05, 0.1) is 6.61 Å². The molecule has 1 aliphatic carbocycles. The second kappa shape index (κ2) is 7.56. The summed E-state index contributed by atoms with van der Waals surface area (Å²) in [6, 6.07) is 0.727. The summed E-state index contributed by atoms with van der Waals surface area (Å²) in [7, 11) is 3.51. The molecular weight excluding hydrogens is 266 g/mol. The van der Waals surface area contributed by atoms with Gasteiger partial charge in [-0.15, -0.1) is 0 Å². The lowest BCUT2D eigenvalue weighted by Crippen LogP contribution is -2.48. The molecule has 21 heavy (non-hydrogen) atoms. The number of amides is 1. The molecule has 2 aliphatic rings. The zero-order valence-electron chi connectivity index (χ0n) is 13.8. The maximum atomic E-state index is 11.3. The molecule has 2 fully saturated rings. The largest absolute Gasteiger partial charge is 0.384 e. The van der Waals surface area contributed by atoms with E-state index in [9.17, 15) is 4.79 Å². The summed E-state index contributed by atoms with van der Waals surface area (Å²) in [6.07, 6.45) is 4.23.